The minimum atomic E-state index is -0.820. The summed E-state index contributed by atoms with van der Waals surface area (Å²) in [5.74, 6) is -0.820. The first-order valence-electron chi connectivity index (χ1n) is 6.48. The molecule has 1 unspecified atom stereocenters. The Morgan fingerprint density at radius 1 is 1.26 bits per heavy atom. The van der Waals surface area contributed by atoms with Crippen molar-refractivity contribution in [1.29, 1.82) is 0 Å². The number of carbonyl (C=O) groups is 1. The molecular formula is C15H16N2O2. The van der Waals surface area contributed by atoms with E-state index in [0.29, 0.717) is 0 Å². The Labute approximate surface area is 111 Å². The molecule has 0 saturated carbocycles. The summed E-state index contributed by atoms with van der Waals surface area (Å²) in [6.45, 7) is 0.771. The van der Waals surface area contributed by atoms with Crippen LogP contribution in [0.3, 0.4) is 0 Å². The molecule has 0 amide bonds. The highest BCUT2D eigenvalue weighted by Gasteiger charge is 2.31. The number of aryl methyl sites for hydroxylation is 1. The number of carboxylic acids is 1. The number of hydrogen-bond donors (Lipinski definition) is 2. The third-order valence-electron chi connectivity index (χ3n) is 3.61. The Morgan fingerprint density at radius 3 is 2.84 bits per heavy atom. The molecule has 3 rings (SSSR count). The first-order chi connectivity index (χ1) is 9.27. The zero-order valence-electron chi connectivity index (χ0n) is 10.5. The number of aromatic nitrogens is 1. The fourth-order valence-electron chi connectivity index (χ4n) is 2.78. The number of aliphatic carboxylic acids is 1. The smallest absolute Gasteiger partial charge is 0.332 e. The highest BCUT2D eigenvalue weighted by atomic mass is 16.4. The lowest BCUT2D eigenvalue weighted by atomic mass is 9.99. The van der Waals surface area contributed by atoms with Gasteiger partial charge in [-0.05, 0) is 36.6 Å². The predicted octanol–water partition coefficient (Wildman–Crippen LogP) is 2.59. The lowest BCUT2D eigenvalue weighted by Gasteiger charge is -2.35. The molecule has 0 bridgehead atoms. The molecule has 98 valence electrons. The molecule has 2 N–H and O–H groups in total. The first kappa shape index (κ1) is 11.8. The second-order valence-corrected chi connectivity index (χ2v) is 4.79. The van der Waals surface area contributed by atoms with Gasteiger partial charge in [0.1, 0.15) is 0 Å². The molecule has 0 radical (unpaired) electrons. The molecule has 1 aromatic heterocycles. The van der Waals surface area contributed by atoms with Crippen molar-refractivity contribution in [2.24, 2.45) is 0 Å². The van der Waals surface area contributed by atoms with Crippen molar-refractivity contribution in [2.45, 2.75) is 18.9 Å². The maximum absolute atomic E-state index is 11.6. The molecule has 1 aliphatic heterocycles. The van der Waals surface area contributed by atoms with Gasteiger partial charge in [0.15, 0.2) is 6.04 Å². The second kappa shape index (κ2) is 4.80. The van der Waals surface area contributed by atoms with Gasteiger partial charge in [-0.2, -0.15) is 0 Å². The van der Waals surface area contributed by atoms with E-state index in [0.717, 1.165) is 30.8 Å². The molecule has 4 nitrogen and oxygen atoms in total. The van der Waals surface area contributed by atoms with Crippen LogP contribution in [0.2, 0.25) is 0 Å². The van der Waals surface area contributed by atoms with E-state index in [4.69, 9.17) is 0 Å². The summed E-state index contributed by atoms with van der Waals surface area (Å²) in [5, 5.41) is 9.56. The third-order valence-corrected chi connectivity index (χ3v) is 3.61. The maximum atomic E-state index is 11.6. The molecule has 1 aromatic carbocycles. The largest absolute Gasteiger partial charge is 0.479 e. The number of H-pyrrole nitrogens is 1. The van der Waals surface area contributed by atoms with Crippen LogP contribution in [0, 0.1) is 0 Å². The SMILES string of the molecule is O=C(O)C(c1ccc[nH]1)N1CCCc2ccccc21. The van der Waals surface area contributed by atoms with E-state index in [9.17, 15) is 9.90 Å². The summed E-state index contributed by atoms with van der Waals surface area (Å²) in [6.07, 6.45) is 3.77. The second-order valence-electron chi connectivity index (χ2n) is 4.79. The molecule has 2 heterocycles. The van der Waals surface area contributed by atoms with E-state index < -0.39 is 12.0 Å². The fraction of sp³-hybridized carbons (Fsp3) is 0.267. The number of hydrogen-bond acceptors (Lipinski definition) is 2. The fourth-order valence-corrected chi connectivity index (χ4v) is 2.78. The number of fused-ring (bicyclic) bond motifs is 1. The average molecular weight is 256 g/mol. The molecule has 0 aliphatic carbocycles. The van der Waals surface area contributed by atoms with Gasteiger partial charge in [-0.15, -0.1) is 0 Å². The van der Waals surface area contributed by atoms with Gasteiger partial charge in [-0.3, -0.25) is 0 Å². The predicted molar refractivity (Wildman–Crippen MR) is 73.3 cm³/mol. The van der Waals surface area contributed by atoms with Gasteiger partial charge in [-0.25, -0.2) is 4.79 Å². The van der Waals surface area contributed by atoms with Crippen LogP contribution in [-0.4, -0.2) is 22.6 Å². The van der Waals surface area contributed by atoms with Crippen LogP contribution >= 0.6 is 0 Å². The summed E-state index contributed by atoms with van der Waals surface area (Å²) in [7, 11) is 0. The monoisotopic (exact) mass is 256 g/mol. The van der Waals surface area contributed by atoms with Crippen molar-refractivity contribution in [3.8, 4) is 0 Å². The molecule has 2 aromatic rings. The Bertz CT molecular complexity index is 578. The zero-order valence-corrected chi connectivity index (χ0v) is 10.5. The normalized spacial score (nSPS) is 15.9. The third kappa shape index (κ3) is 2.10. The maximum Gasteiger partial charge on any atom is 0.332 e. The Kier molecular flexibility index (Phi) is 2.99. The number of nitrogens with zero attached hydrogens (tertiary/aromatic N) is 1. The van der Waals surface area contributed by atoms with Crippen LogP contribution in [0.4, 0.5) is 5.69 Å². The van der Waals surface area contributed by atoms with Crippen LogP contribution in [0.5, 0.6) is 0 Å². The van der Waals surface area contributed by atoms with Crippen LogP contribution in [-0.2, 0) is 11.2 Å². The van der Waals surface area contributed by atoms with Crippen molar-refractivity contribution in [2.75, 3.05) is 11.4 Å². The minimum absolute atomic E-state index is 0.642. The molecule has 1 atom stereocenters. The molecule has 0 saturated heterocycles. The van der Waals surface area contributed by atoms with Crippen molar-refractivity contribution in [3.63, 3.8) is 0 Å². The van der Waals surface area contributed by atoms with Crippen LogP contribution in [0.25, 0.3) is 0 Å². The quantitative estimate of drug-likeness (QED) is 0.887. The molecular weight excluding hydrogens is 240 g/mol. The lowest BCUT2D eigenvalue weighted by Crippen LogP contribution is -2.38. The molecule has 19 heavy (non-hydrogen) atoms. The van der Waals surface area contributed by atoms with Gasteiger partial charge in [-0.1, -0.05) is 18.2 Å². The molecule has 0 spiro atoms. The van der Waals surface area contributed by atoms with E-state index in [2.05, 4.69) is 11.1 Å². The van der Waals surface area contributed by atoms with Gasteiger partial charge in [0.05, 0.1) is 0 Å². The number of nitrogens with one attached hydrogen (secondary N) is 1. The number of carboxylic acid groups (broad SMARTS) is 1. The standard InChI is InChI=1S/C15H16N2O2/c18-15(19)14(12-7-3-9-16-12)17-10-4-6-11-5-1-2-8-13(11)17/h1-3,5,7-9,14,16H,4,6,10H2,(H,18,19). The van der Waals surface area contributed by atoms with Gasteiger partial charge in [0.2, 0.25) is 0 Å². The van der Waals surface area contributed by atoms with E-state index in [1.54, 1.807) is 6.20 Å². The topological polar surface area (TPSA) is 56.3 Å². The molecule has 1 aliphatic rings. The van der Waals surface area contributed by atoms with Crippen LogP contribution < -0.4 is 4.90 Å². The van der Waals surface area contributed by atoms with Gasteiger partial charge in [0.25, 0.3) is 0 Å². The van der Waals surface area contributed by atoms with Crippen LogP contribution in [0.15, 0.2) is 42.6 Å². The summed E-state index contributed by atoms with van der Waals surface area (Å²) < 4.78 is 0. The van der Waals surface area contributed by atoms with E-state index in [1.807, 2.05) is 35.2 Å². The molecule has 4 heteroatoms. The molecule has 0 fully saturated rings. The summed E-state index contributed by atoms with van der Waals surface area (Å²) >= 11 is 0. The Balaban J connectivity index is 2.03. The van der Waals surface area contributed by atoms with E-state index in [-0.39, 0.29) is 0 Å². The summed E-state index contributed by atoms with van der Waals surface area (Å²) in [5.41, 5.74) is 2.99. The van der Waals surface area contributed by atoms with Gasteiger partial charge in [0, 0.05) is 24.1 Å². The average Bonchev–Trinajstić information content (AvgIpc) is 2.93. The number of anilines is 1. The van der Waals surface area contributed by atoms with Crippen LogP contribution in [0.1, 0.15) is 23.7 Å². The summed E-state index contributed by atoms with van der Waals surface area (Å²) in [4.78, 5) is 16.6. The lowest BCUT2D eigenvalue weighted by molar-refractivity contribution is -0.138. The van der Waals surface area contributed by atoms with Crippen molar-refractivity contribution in [1.82, 2.24) is 4.98 Å². The van der Waals surface area contributed by atoms with E-state index in [1.165, 1.54) is 5.56 Å². The van der Waals surface area contributed by atoms with Crippen molar-refractivity contribution >= 4 is 11.7 Å². The number of benzene rings is 1. The number of para-hydroxylation sites is 1. The first-order valence-corrected chi connectivity index (χ1v) is 6.48. The van der Waals surface area contributed by atoms with Crippen molar-refractivity contribution in [3.05, 3.63) is 53.9 Å². The highest BCUT2D eigenvalue weighted by molar-refractivity contribution is 5.80. The Hall–Kier alpha value is -2.23. The number of aromatic amines is 1. The van der Waals surface area contributed by atoms with Gasteiger partial charge >= 0.3 is 5.97 Å². The van der Waals surface area contributed by atoms with Gasteiger partial charge < -0.3 is 15.0 Å². The minimum Gasteiger partial charge on any atom is -0.479 e. The summed E-state index contributed by atoms with van der Waals surface area (Å²) in [6, 6.07) is 11.1. The zero-order chi connectivity index (χ0) is 13.2. The van der Waals surface area contributed by atoms with E-state index >= 15 is 0 Å². The number of rotatable bonds is 3. The van der Waals surface area contributed by atoms with Crippen molar-refractivity contribution < 1.29 is 9.90 Å². The Morgan fingerprint density at radius 2 is 2.11 bits per heavy atom. The highest BCUT2D eigenvalue weighted by Crippen LogP contribution is 2.33.